The number of pyridine rings is 1. The molecule has 0 aliphatic heterocycles. The van der Waals surface area contributed by atoms with Gasteiger partial charge in [0, 0.05) is 37.4 Å². The molecule has 4 heteroatoms. The minimum Gasteiger partial charge on any atom is -0.304 e. The second kappa shape index (κ2) is 15.1. The van der Waals surface area contributed by atoms with Crippen molar-refractivity contribution in [3.8, 4) is 78.5 Å². The minimum absolute atomic E-state index is 0. The molecular weight excluding hydrogens is 823 g/mol. The molecule has 0 amide bonds. The summed E-state index contributed by atoms with van der Waals surface area (Å²) in [5.41, 5.74) is 13.2. The van der Waals surface area contributed by atoms with Crippen LogP contribution in [0.1, 0.15) is 0 Å². The van der Waals surface area contributed by atoms with Gasteiger partial charge in [0.25, 0.3) is 0 Å². The van der Waals surface area contributed by atoms with Gasteiger partial charge in [0.15, 0.2) is 0 Å². The van der Waals surface area contributed by atoms with Crippen molar-refractivity contribution in [1.29, 1.82) is 0 Å². The van der Waals surface area contributed by atoms with Gasteiger partial charge in [-0.1, -0.05) is 145 Å². The second-order valence-corrected chi connectivity index (χ2v) is 12.8. The van der Waals surface area contributed by atoms with Gasteiger partial charge < -0.3 is 4.98 Å². The molecule has 53 heavy (non-hydrogen) atoms. The maximum atomic E-state index is 5.29. The Morgan fingerprint density at radius 2 is 0.849 bits per heavy atom. The van der Waals surface area contributed by atoms with Crippen LogP contribution in [-0.4, -0.2) is 15.0 Å². The SMILES string of the molecule is [Ir].[c-]1ccc(-c2nc(-c3cccc(-c4ccccc4)c3)cc(-c3cc(-c4ccccc4)cc(-c4ccccc4)c3)n2)cc1-c1cc2ccccc2cn1. The van der Waals surface area contributed by atoms with E-state index in [1.807, 2.05) is 30.5 Å². The number of hydrogen-bond donors (Lipinski definition) is 0. The van der Waals surface area contributed by atoms with E-state index in [9.17, 15) is 0 Å². The van der Waals surface area contributed by atoms with E-state index in [2.05, 4.69) is 170 Å². The van der Waals surface area contributed by atoms with E-state index in [1.165, 1.54) is 0 Å². The van der Waals surface area contributed by atoms with Gasteiger partial charge in [0.2, 0.25) is 0 Å². The summed E-state index contributed by atoms with van der Waals surface area (Å²) >= 11 is 0. The molecule has 0 aliphatic carbocycles. The van der Waals surface area contributed by atoms with E-state index in [4.69, 9.17) is 15.0 Å². The first-order valence-electron chi connectivity index (χ1n) is 17.4. The molecule has 0 aliphatic rings. The van der Waals surface area contributed by atoms with E-state index < -0.39 is 0 Å². The average Bonchev–Trinajstić information content (AvgIpc) is 3.24. The van der Waals surface area contributed by atoms with Gasteiger partial charge in [-0.3, -0.25) is 0 Å². The van der Waals surface area contributed by atoms with Gasteiger partial charge in [-0.05, 0) is 80.2 Å². The Kier molecular flexibility index (Phi) is 9.64. The number of nitrogens with zero attached hydrogens (tertiary/aromatic N) is 3. The molecule has 2 aromatic heterocycles. The molecule has 3 nitrogen and oxygen atoms in total. The molecule has 0 atom stereocenters. The van der Waals surface area contributed by atoms with E-state index in [-0.39, 0.29) is 20.1 Å². The van der Waals surface area contributed by atoms with Crippen LogP contribution in [0.3, 0.4) is 0 Å². The zero-order valence-corrected chi connectivity index (χ0v) is 31.0. The number of fused-ring (bicyclic) bond motifs is 1. The van der Waals surface area contributed by atoms with E-state index in [0.29, 0.717) is 5.82 Å². The van der Waals surface area contributed by atoms with Crippen molar-refractivity contribution in [3.05, 3.63) is 200 Å². The molecular formula is C49H32IrN3-. The number of hydrogen-bond acceptors (Lipinski definition) is 3. The Morgan fingerprint density at radius 3 is 1.51 bits per heavy atom. The molecule has 0 saturated heterocycles. The van der Waals surface area contributed by atoms with Gasteiger partial charge in [-0.25, -0.2) is 9.97 Å². The standard InChI is InChI=1S/C49H32N3.Ir/c1-4-14-34(15-5-1)37-22-12-24-40(26-37)47-32-48(45-29-43(35-16-6-2-7-17-35)28-44(30-45)36-18-8-3-9-19-36)52-49(51-47)41-25-13-23-39(27-41)46-31-38-20-10-11-21-42(38)33-50-46;/h1-22,24-33H;/q-1;. The maximum Gasteiger partial charge on any atom is 0.142 e. The minimum atomic E-state index is 0. The van der Waals surface area contributed by atoms with Crippen molar-refractivity contribution in [1.82, 2.24) is 15.0 Å². The Bertz CT molecular complexity index is 2620. The van der Waals surface area contributed by atoms with E-state index in [0.717, 1.165) is 83.5 Å². The number of aromatic nitrogens is 3. The summed E-state index contributed by atoms with van der Waals surface area (Å²) < 4.78 is 0. The van der Waals surface area contributed by atoms with E-state index in [1.54, 1.807) is 0 Å². The molecule has 253 valence electrons. The van der Waals surface area contributed by atoms with Crippen LogP contribution in [-0.2, 0) is 20.1 Å². The Morgan fingerprint density at radius 1 is 0.340 bits per heavy atom. The summed E-state index contributed by atoms with van der Waals surface area (Å²) in [6, 6.07) is 68.8. The number of rotatable bonds is 7. The zero-order chi connectivity index (χ0) is 34.7. The third-order valence-corrected chi connectivity index (χ3v) is 9.40. The van der Waals surface area contributed by atoms with Crippen LogP contribution in [0.2, 0.25) is 0 Å². The maximum absolute atomic E-state index is 5.29. The van der Waals surface area contributed by atoms with Crippen molar-refractivity contribution in [2.75, 3.05) is 0 Å². The van der Waals surface area contributed by atoms with Crippen LogP contribution >= 0.6 is 0 Å². The van der Waals surface area contributed by atoms with Crippen LogP contribution in [0.5, 0.6) is 0 Å². The summed E-state index contributed by atoms with van der Waals surface area (Å²) in [6.07, 6.45) is 1.92. The summed E-state index contributed by atoms with van der Waals surface area (Å²) in [7, 11) is 0. The normalized spacial score (nSPS) is 10.9. The Hall–Kier alpha value is -6.32. The second-order valence-electron chi connectivity index (χ2n) is 12.8. The first kappa shape index (κ1) is 33.8. The Balaban J connectivity index is 0.00000400. The fourth-order valence-corrected chi connectivity index (χ4v) is 6.72. The molecule has 0 spiro atoms. The van der Waals surface area contributed by atoms with Crippen molar-refractivity contribution < 1.29 is 20.1 Å². The third kappa shape index (κ3) is 7.24. The topological polar surface area (TPSA) is 38.7 Å². The summed E-state index contributed by atoms with van der Waals surface area (Å²) in [6.45, 7) is 0. The molecule has 9 rings (SSSR count). The Labute approximate surface area is 323 Å². The summed E-state index contributed by atoms with van der Waals surface area (Å²) in [5.74, 6) is 0.639. The molecule has 0 N–H and O–H groups in total. The third-order valence-electron chi connectivity index (χ3n) is 9.40. The van der Waals surface area contributed by atoms with Gasteiger partial charge in [0.05, 0.1) is 11.4 Å². The molecule has 2 heterocycles. The fraction of sp³-hybridized carbons (Fsp3) is 0. The van der Waals surface area contributed by atoms with E-state index >= 15 is 0 Å². The van der Waals surface area contributed by atoms with Crippen LogP contribution in [0.25, 0.3) is 89.3 Å². The van der Waals surface area contributed by atoms with Crippen molar-refractivity contribution in [2.24, 2.45) is 0 Å². The monoisotopic (exact) mass is 855 g/mol. The van der Waals surface area contributed by atoms with Gasteiger partial charge in [-0.2, -0.15) is 0 Å². The largest absolute Gasteiger partial charge is 0.304 e. The molecule has 1 radical (unpaired) electrons. The first-order chi connectivity index (χ1) is 25.7. The number of benzene rings is 7. The van der Waals surface area contributed by atoms with Gasteiger partial charge in [0.1, 0.15) is 5.82 Å². The van der Waals surface area contributed by atoms with Crippen LogP contribution in [0.15, 0.2) is 194 Å². The van der Waals surface area contributed by atoms with Crippen LogP contribution in [0.4, 0.5) is 0 Å². The smallest absolute Gasteiger partial charge is 0.142 e. The predicted octanol–water partition coefficient (Wildman–Crippen LogP) is 12.5. The van der Waals surface area contributed by atoms with Crippen molar-refractivity contribution in [3.63, 3.8) is 0 Å². The van der Waals surface area contributed by atoms with Crippen molar-refractivity contribution >= 4 is 10.8 Å². The molecule has 7 aromatic carbocycles. The van der Waals surface area contributed by atoms with Crippen LogP contribution < -0.4 is 0 Å². The quantitative estimate of drug-likeness (QED) is 0.150. The fourth-order valence-electron chi connectivity index (χ4n) is 6.72. The molecule has 0 saturated carbocycles. The van der Waals surface area contributed by atoms with Gasteiger partial charge in [-0.15, -0.1) is 29.8 Å². The zero-order valence-electron chi connectivity index (χ0n) is 28.7. The van der Waals surface area contributed by atoms with Gasteiger partial charge >= 0.3 is 0 Å². The summed E-state index contributed by atoms with van der Waals surface area (Å²) in [5, 5.41) is 2.24. The molecule has 9 aromatic rings. The average molecular weight is 855 g/mol. The first-order valence-corrected chi connectivity index (χ1v) is 17.4. The molecule has 0 bridgehead atoms. The summed E-state index contributed by atoms with van der Waals surface area (Å²) in [4.78, 5) is 15.3. The molecule has 0 unspecified atom stereocenters. The van der Waals surface area contributed by atoms with Crippen LogP contribution in [0, 0.1) is 6.07 Å². The van der Waals surface area contributed by atoms with Crippen molar-refractivity contribution in [2.45, 2.75) is 0 Å². The predicted molar refractivity (Wildman–Crippen MR) is 214 cm³/mol. The molecule has 0 fully saturated rings.